The number of piperidine rings is 1. The monoisotopic (exact) mass is 189 g/mol. The highest BCUT2D eigenvalue weighted by atomic mass is 16.5. The van der Waals surface area contributed by atoms with Crippen LogP contribution in [0.3, 0.4) is 0 Å². The van der Waals surface area contributed by atoms with Gasteiger partial charge in [-0.3, -0.25) is 0 Å². The van der Waals surface area contributed by atoms with Crippen molar-refractivity contribution in [2.75, 3.05) is 18.0 Å². The molecule has 0 amide bonds. The Morgan fingerprint density at radius 2 is 2.00 bits per heavy atom. The molecule has 3 heterocycles. The minimum atomic E-state index is 0.495. The smallest absolute Gasteiger partial charge is 0.0780 e. The lowest BCUT2D eigenvalue weighted by atomic mass is 9.98. The minimum absolute atomic E-state index is 0.495. The van der Waals surface area contributed by atoms with Crippen molar-refractivity contribution < 1.29 is 4.74 Å². The molecular weight excluding hydrogens is 174 g/mol. The van der Waals surface area contributed by atoms with Crippen LogP contribution < -0.4 is 4.90 Å². The van der Waals surface area contributed by atoms with E-state index >= 15 is 0 Å². The van der Waals surface area contributed by atoms with E-state index in [1.165, 1.54) is 17.7 Å². The molecule has 3 aliphatic rings. The molecule has 0 aromatic heterocycles. The van der Waals surface area contributed by atoms with Gasteiger partial charge in [-0.15, -0.1) is 0 Å². The van der Waals surface area contributed by atoms with Crippen molar-refractivity contribution >= 4 is 5.69 Å². The molecule has 0 radical (unpaired) electrons. The van der Waals surface area contributed by atoms with Gasteiger partial charge in [0.05, 0.1) is 12.2 Å². The molecule has 1 aromatic rings. The zero-order valence-electron chi connectivity index (χ0n) is 8.44. The Bertz CT molecular complexity index is 334. The summed E-state index contributed by atoms with van der Waals surface area (Å²) < 4.78 is 5.62. The molecule has 0 N–H and O–H groups in total. The molecule has 2 bridgehead atoms. The van der Waals surface area contributed by atoms with Crippen molar-refractivity contribution in [3.8, 4) is 0 Å². The third-order valence-corrected chi connectivity index (χ3v) is 3.13. The lowest BCUT2D eigenvalue weighted by molar-refractivity contribution is -0.133. The van der Waals surface area contributed by atoms with Crippen molar-refractivity contribution in [1.29, 1.82) is 0 Å². The Hall–Kier alpha value is -1.02. The third-order valence-electron chi connectivity index (χ3n) is 3.13. The zero-order chi connectivity index (χ0) is 9.54. The number of fused-ring (bicyclic) bond motifs is 2. The second-order valence-corrected chi connectivity index (χ2v) is 4.36. The Balaban J connectivity index is 1.82. The van der Waals surface area contributed by atoms with Gasteiger partial charge in [-0.25, -0.2) is 0 Å². The van der Waals surface area contributed by atoms with E-state index in [9.17, 15) is 0 Å². The highest BCUT2D eigenvalue weighted by Crippen LogP contribution is 2.31. The van der Waals surface area contributed by atoms with Crippen molar-refractivity contribution in [1.82, 2.24) is 0 Å². The van der Waals surface area contributed by atoms with Crippen molar-refractivity contribution in [3.63, 3.8) is 0 Å². The number of ether oxygens (including phenoxy) is 1. The second kappa shape index (κ2) is 2.99. The number of benzene rings is 1. The van der Waals surface area contributed by atoms with Gasteiger partial charge in [0.25, 0.3) is 0 Å². The molecule has 2 unspecified atom stereocenters. The summed E-state index contributed by atoms with van der Waals surface area (Å²) >= 11 is 0. The van der Waals surface area contributed by atoms with Crippen LogP contribution in [0.15, 0.2) is 24.3 Å². The molecule has 4 rings (SSSR count). The summed E-state index contributed by atoms with van der Waals surface area (Å²) in [5.41, 5.74) is 2.69. The predicted molar refractivity (Wildman–Crippen MR) is 56.7 cm³/mol. The number of aryl methyl sites for hydroxylation is 1. The van der Waals surface area contributed by atoms with Gasteiger partial charge < -0.3 is 9.64 Å². The van der Waals surface area contributed by atoms with Crippen LogP contribution in [0.4, 0.5) is 5.69 Å². The molecule has 74 valence electrons. The van der Waals surface area contributed by atoms with Crippen LogP contribution >= 0.6 is 0 Å². The molecule has 0 saturated carbocycles. The molecule has 3 aliphatic heterocycles. The topological polar surface area (TPSA) is 12.5 Å². The summed E-state index contributed by atoms with van der Waals surface area (Å²) in [5.74, 6) is 0. The quantitative estimate of drug-likeness (QED) is 0.669. The van der Waals surface area contributed by atoms with Gasteiger partial charge in [0.2, 0.25) is 0 Å². The Kier molecular flexibility index (Phi) is 1.77. The van der Waals surface area contributed by atoms with E-state index in [1.807, 2.05) is 0 Å². The molecular formula is C12H15NO. The van der Waals surface area contributed by atoms with E-state index in [0.29, 0.717) is 12.2 Å². The molecule has 2 heteroatoms. The number of rotatable bonds is 1. The Morgan fingerprint density at radius 1 is 1.29 bits per heavy atom. The molecule has 2 nitrogen and oxygen atoms in total. The number of hydrogen-bond donors (Lipinski definition) is 0. The average molecular weight is 189 g/mol. The van der Waals surface area contributed by atoms with Crippen LogP contribution in [0.5, 0.6) is 0 Å². The lowest BCUT2D eigenvalue weighted by Crippen LogP contribution is -2.57. The average Bonchev–Trinajstić information content (AvgIpc) is 2.17. The van der Waals surface area contributed by atoms with Crippen LogP contribution in [0.25, 0.3) is 0 Å². The van der Waals surface area contributed by atoms with Crippen molar-refractivity contribution in [2.24, 2.45) is 0 Å². The van der Waals surface area contributed by atoms with E-state index in [4.69, 9.17) is 4.74 Å². The van der Waals surface area contributed by atoms with Crippen LogP contribution in [0, 0.1) is 6.92 Å². The molecule has 3 fully saturated rings. The van der Waals surface area contributed by atoms with E-state index < -0.39 is 0 Å². The SMILES string of the molecule is Cc1cccc(N2CC3CC(C2)O3)c1. The Morgan fingerprint density at radius 3 is 2.64 bits per heavy atom. The van der Waals surface area contributed by atoms with E-state index in [-0.39, 0.29) is 0 Å². The number of anilines is 1. The highest BCUT2D eigenvalue weighted by molar-refractivity contribution is 5.49. The summed E-state index contributed by atoms with van der Waals surface area (Å²) in [6, 6.07) is 8.72. The summed E-state index contributed by atoms with van der Waals surface area (Å²) in [6.07, 6.45) is 2.26. The van der Waals surface area contributed by atoms with E-state index in [1.54, 1.807) is 0 Å². The first-order chi connectivity index (χ1) is 6.81. The standard InChI is InChI=1S/C12H15NO/c1-9-3-2-4-10(5-9)13-7-11-6-12(8-13)14-11/h2-5,11-12H,6-8H2,1H3. The fourth-order valence-corrected chi connectivity index (χ4v) is 2.39. The van der Waals surface area contributed by atoms with Crippen molar-refractivity contribution in [2.45, 2.75) is 25.6 Å². The van der Waals surface area contributed by atoms with Crippen LogP contribution in [0.1, 0.15) is 12.0 Å². The second-order valence-electron chi connectivity index (χ2n) is 4.36. The van der Waals surface area contributed by atoms with Gasteiger partial charge in [-0.2, -0.15) is 0 Å². The first kappa shape index (κ1) is 8.30. The van der Waals surface area contributed by atoms with Crippen LogP contribution in [0.2, 0.25) is 0 Å². The lowest BCUT2D eigenvalue weighted by Gasteiger charge is -2.48. The molecule has 0 aliphatic carbocycles. The predicted octanol–water partition coefficient (Wildman–Crippen LogP) is 1.97. The summed E-state index contributed by atoms with van der Waals surface area (Å²) in [7, 11) is 0. The van der Waals surface area contributed by atoms with Crippen molar-refractivity contribution in [3.05, 3.63) is 29.8 Å². The van der Waals surface area contributed by atoms with Gasteiger partial charge >= 0.3 is 0 Å². The van der Waals surface area contributed by atoms with Gasteiger partial charge in [0, 0.05) is 25.2 Å². The Labute approximate surface area is 84.5 Å². The number of hydrogen-bond acceptors (Lipinski definition) is 2. The van der Waals surface area contributed by atoms with E-state index in [0.717, 1.165) is 13.1 Å². The zero-order valence-corrected chi connectivity index (χ0v) is 8.44. The van der Waals surface area contributed by atoms with Gasteiger partial charge in [-0.1, -0.05) is 12.1 Å². The van der Waals surface area contributed by atoms with Crippen LogP contribution in [-0.2, 0) is 4.74 Å². The van der Waals surface area contributed by atoms with Gasteiger partial charge in [0.1, 0.15) is 0 Å². The molecule has 3 saturated heterocycles. The summed E-state index contributed by atoms with van der Waals surface area (Å²) in [6.45, 7) is 4.28. The fraction of sp³-hybridized carbons (Fsp3) is 0.500. The summed E-state index contributed by atoms with van der Waals surface area (Å²) in [4.78, 5) is 2.44. The maximum atomic E-state index is 5.62. The number of nitrogens with zero attached hydrogens (tertiary/aromatic N) is 1. The molecule has 0 spiro atoms. The van der Waals surface area contributed by atoms with Gasteiger partial charge in [0.15, 0.2) is 0 Å². The maximum absolute atomic E-state index is 5.62. The van der Waals surface area contributed by atoms with Gasteiger partial charge in [-0.05, 0) is 24.6 Å². The molecule has 1 aromatic carbocycles. The van der Waals surface area contributed by atoms with Crippen LogP contribution in [-0.4, -0.2) is 25.3 Å². The van der Waals surface area contributed by atoms with E-state index in [2.05, 4.69) is 36.1 Å². The highest BCUT2D eigenvalue weighted by Gasteiger charge is 2.38. The largest absolute Gasteiger partial charge is 0.371 e. The fourth-order valence-electron chi connectivity index (χ4n) is 2.39. The number of morpholine rings is 1. The summed E-state index contributed by atoms with van der Waals surface area (Å²) in [5, 5.41) is 0. The normalized spacial score (nSPS) is 29.9. The maximum Gasteiger partial charge on any atom is 0.0780 e. The third kappa shape index (κ3) is 1.30. The minimum Gasteiger partial charge on any atom is -0.371 e. The molecule has 2 atom stereocenters. The first-order valence-corrected chi connectivity index (χ1v) is 5.28. The molecule has 14 heavy (non-hydrogen) atoms. The first-order valence-electron chi connectivity index (χ1n) is 5.28.